The van der Waals surface area contributed by atoms with Crippen LogP contribution in [0.2, 0.25) is 0 Å². The predicted molar refractivity (Wildman–Crippen MR) is 84.0 cm³/mol. The molecule has 0 aromatic heterocycles. The Morgan fingerprint density at radius 3 is 2.25 bits per heavy atom. The van der Waals surface area contributed by atoms with Crippen molar-refractivity contribution in [3.63, 3.8) is 0 Å². The van der Waals surface area contributed by atoms with Crippen LogP contribution in [0.25, 0.3) is 0 Å². The number of benzene rings is 1. The normalized spacial score (nSPS) is 14.3. The molecule has 0 aliphatic rings. The van der Waals surface area contributed by atoms with Gasteiger partial charge in [0.1, 0.15) is 0 Å². The van der Waals surface area contributed by atoms with E-state index in [0.29, 0.717) is 13.2 Å². The lowest BCUT2D eigenvalue weighted by Gasteiger charge is -2.27. The van der Waals surface area contributed by atoms with Gasteiger partial charge in [0.25, 0.3) is 0 Å². The summed E-state index contributed by atoms with van der Waals surface area (Å²) in [5, 5.41) is 13.2. The Morgan fingerprint density at radius 1 is 1.10 bits per heavy atom. The summed E-state index contributed by atoms with van der Waals surface area (Å²) in [4.78, 5) is 0. The fourth-order valence-corrected chi connectivity index (χ4v) is 1.95. The topological polar surface area (TPSA) is 41.5 Å². The Kier molecular flexibility index (Phi) is 6.18. The van der Waals surface area contributed by atoms with Gasteiger partial charge in [-0.05, 0) is 26.3 Å². The van der Waals surface area contributed by atoms with Crippen LogP contribution >= 0.6 is 0 Å². The number of ether oxygens (including phenoxy) is 1. The first-order chi connectivity index (χ1) is 9.21. The van der Waals surface area contributed by atoms with Gasteiger partial charge in [-0.2, -0.15) is 0 Å². The van der Waals surface area contributed by atoms with Gasteiger partial charge in [-0.1, -0.05) is 44.2 Å². The molecule has 0 spiro atoms. The molecule has 0 saturated heterocycles. The van der Waals surface area contributed by atoms with Crippen molar-refractivity contribution in [1.29, 1.82) is 0 Å². The third-order valence-corrected chi connectivity index (χ3v) is 3.21. The van der Waals surface area contributed by atoms with Crippen molar-refractivity contribution in [2.45, 2.75) is 51.7 Å². The van der Waals surface area contributed by atoms with Crippen molar-refractivity contribution in [3.8, 4) is 0 Å². The van der Waals surface area contributed by atoms with E-state index < -0.39 is 6.10 Å². The van der Waals surface area contributed by atoms with E-state index in [1.54, 1.807) is 0 Å². The van der Waals surface area contributed by atoms with E-state index in [0.717, 1.165) is 6.54 Å². The minimum Gasteiger partial charge on any atom is -0.389 e. The number of aliphatic hydroxyl groups excluding tert-OH is 1. The van der Waals surface area contributed by atoms with Crippen molar-refractivity contribution < 1.29 is 9.84 Å². The van der Waals surface area contributed by atoms with E-state index in [4.69, 9.17) is 4.74 Å². The van der Waals surface area contributed by atoms with Crippen LogP contribution in [0.15, 0.2) is 30.3 Å². The van der Waals surface area contributed by atoms with Crippen molar-refractivity contribution in [2.75, 3.05) is 19.7 Å². The second kappa shape index (κ2) is 7.21. The second-order valence-corrected chi connectivity index (χ2v) is 6.96. The summed E-state index contributed by atoms with van der Waals surface area (Å²) in [7, 11) is 0. The van der Waals surface area contributed by atoms with Gasteiger partial charge in [-0.3, -0.25) is 0 Å². The van der Waals surface area contributed by atoms with E-state index in [2.05, 4.69) is 43.4 Å². The van der Waals surface area contributed by atoms with Crippen LogP contribution in [0.5, 0.6) is 0 Å². The lowest BCUT2D eigenvalue weighted by atomic mass is 9.84. The number of rotatable bonds is 7. The third-order valence-electron chi connectivity index (χ3n) is 3.21. The van der Waals surface area contributed by atoms with Crippen LogP contribution < -0.4 is 5.32 Å². The minimum atomic E-state index is -0.471. The highest BCUT2D eigenvalue weighted by Gasteiger charge is 2.20. The summed E-state index contributed by atoms with van der Waals surface area (Å²) >= 11 is 0. The Hall–Kier alpha value is -0.900. The fourth-order valence-electron chi connectivity index (χ4n) is 1.95. The van der Waals surface area contributed by atoms with Gasteiger partial charge < -0.3 is 15.2 Å². The van der Waals surface area contributed by atoms with E-state index in [-0.39, 0.29) is 11.0 Å². The fraction of sp³-hybridized carbons (Fsp3) is 0.647. The molecule has 1 aromatic carbocycles. The zero-order valence-corrected chi connectivity index (χ0v) is 13.4. The third kappa shape index (κ3) is 6.51. The highest BCUT2D eigenvalue weighted by Crippen LogP contribution is 2.21. The van der Waals surface area contributed by atoms with Gasteiger partial charge in [0.2, 0.25) is 0 Å². The Labute approximate surface area is 123 Å². The summed E-state index contributed by atoms with van der Waals surface area (Å²) < 4.78 is 5.57. The summed E-state index contributed by atoms with van der Waals surface area (Å²) in [6, 6.07) is 10.4. The number of hydrogen-bond acceptors (Lipinski definition) is 3. The highest BCUT2D eigenvalue weighted by atomic mass is 16.5. The average Bonchev–Trinajstić information content (AvgIpc) is 2.36. The molecule has 114 valence electrons. The van der Waals surface area contributed by atoms with Gasteiger partial charge in [0.05, 0.1) is 18.3 Å². The maximum absolute atomic E-state index is 9.89. The van der Waals surface area contributed by atoms with E-state index in [9.17, 15) is 5.11 Å². The molecular formula is C17H29NO2. The van der Waals surface area contributed by atoms with Crippen LogP contribution in [-0.4, -0.2) is 36.5 Å². The zero-order chi connectivity index (χ0) is 15.2. The summed E-state index contributed by atoms with van der Waals surface area (Å²) in [5.74, 6) is 0. The van der Waals surface area contributed by atoms with Crippen molar-refractivity contribution >= 4 is 0 Å². The molecule has 0 aliphatic carbocycles. The first kappa shape index (κ1) is 17.2. The Morgan fingerprint density at radius 2 is 1.70 bits per heavy atom. The molecule has 3 heteroatoms. The summed E-state index contributed by atoms with van der Waals surface area (Å²) in [5.41, 5.74) is 1.14. The molecule has 0 heterocycles. The van der Waals surface area contributed by atoms with E-state index in [1.807, 2.05) is 26.8 Å². The molecule has 3 nitrogen and oxygen atoms in total. The maximum Gasteiger partial charge on any atom is 0.0897 e. The first-order valence-corrected chi connectivity index (χ1v) is 7.29. The quantitative estimate of drug-likeness (QED) is 0.806. The van der Waals surface area contributed by atoms with Gasteiger partial charge in [0.15, 0.2) is 0 Å². The SMILES string of the molecule is CC(C)(C)OCC(O)CNCC(C)(C)c1ccccc1. The van der Waals surface area contributed by atoms with E-state index in [1.165, 1.54) is 5.56 Å². The Balaban J connectivity index is 2.33. The minimum absolute atomic E-state index is 0.0475. The molecule has 1 aromatic rings. The van der Waals surface area contributed by atoms with Crippen LogP contribution in [0.1, 0.15) is 40.2 Å². The number of nitrogens with one attached hydrogen (secondary N) is 1. The molecule has 0 bridgehead atoms. The molecule has 0 aliphatic heterocycles. The molecular weight excluding hydrogens is 250 g/mol. The molecule has 0 saturated carbocycles. The lowest BCUT2D eigenvalue weighted by Crippen LogP contribution is -2.39. The van der Waals surface area contributed by atoms with Crippen LogP contribution in [0, 0.1) is 0 Å². The molecule has 0 fully saturated rings. The second-order valence-electron chi connectivity index (χ2n) is 6.96. The van der Waals surface area contributed by atoms with Crippen LogP contribution in [0.3, 0.4) is 0 Å². The van der Waals surface area contributed by atoms with Crippen LogP contribution in [0.4, 0.5) is 0 Å². The Bertz CT molecular complexity index is 382. The number of hydrogen-bond donors (Lipinski definition) is 2. The summed E-state index contributed by atoms with van der Waals surface area (Å²) in [6.45, 7) is 12.1. The van der Waals surface area contributed by atoms with E-state index >= 15 is 0 Å². The van der Waals surface area contributed by atoms with Gasteiger partial charge in [0, 0.05) is 18.5 Å². The summed E-state index contributed by atoms with van der Waals surface area (Å²) in [6.07, 6.45) is -0.471. The molecule has 20 heavy (non-hydrogen) atoms. The van der Waals surface area contributed by atoms with Crippen LogP contribution in [-0.2, 0) is 10.2 Å². The maximum atomic E-state index is 9.89. The van der Waals surface area contributed by atoms with Gasteiger partial charge in [-0.25, -0.2) is 0 Å². The number of aliphatic hydroxyl groups is 1. The smallest absolute Gasteiger partial charge is 0.0897 e. The largest absolute Gasteiger partial charge is 0.389 e. The molecule has 2 N–H and O–H groups in total. The first-order valence-electron chi connectivity index (χ1n) is 7.29. The molecule has 1 atom stereocenters. The van der Waals surface area contributed by atoms with Crippen molar-refractivity contribution in [3.05, 3.63) is 35.9 Å². The lowest BCUT2D eigenvalue weighted by molar-refractivity contribution is -0.0480. The standard InChI is InChI=1S/C17H29NO2/c1-16(2,3)20-12-15(19)11-18-13-17(4,5)14-9-7-6-8-10-14/h6-10,15,18-19H,11-13H2,1-5H3. The zero-order valence-electron chi connectivity index (χ0n) is 13.4. The van der Waals surface area contributed by atoms with Gasteiger partial charge >= 0.3 is 0 Å². The van der Waals surface area contributed by atoms with Crippen molar-refractivity contribution in [2.24, 2.45) is 0 Å². The highest BCUT2D eigenvalue weighted by molar-refractivity contribution is 5.23. The van der Waals surface area contributed by atoms with Gasteiger partial charge in [-0.15, -0.1) is 0 Å². The monoisotopic (exact) mass is 279 g/mol. The molecule has 0 radical (unpaired) electrons. The average molecular weight is 279 g/mol. The van der Waals surface area contributed by atoms with Crippen molar-refractivity contribution in [1.82, 2.24) is 5.32 Å². The molecule has 0 amide bonds. The molecule has 1 rings (SSSR count). The predicted octanol–water partition coefficient (Wildman–Crippen LogP) is 2.73. The molecule has 1 unspecified atom stereocenters.